The predicted octanol–water partition coefficient (Wildman–Crippen LogP) is 2.25. The summed E-state index contributed by atoms with van der Waals surface area (Å²) in [4.78, 5) is 17.9. The Bertz CT molecular complexity index is 416. The van der Waals surface area contributed by atoms with Gasteiger partial charge in [-0.1, -0.05) is 40.0 Å². The Balaban J connectivity index is 2.53. The highest BCUT2D eigenvalue weighted by Gasteiger charge is 2.19. The molecular weight excluding hydrogens is 316 g/mol. The molecule has 2 N–H and O–H groups in total. The molecule has 1 aliphatic heterocycles. The second-order valence-corrected chi connectivity index (χ2v) is 8.04. The van der Waals surface area contributed by atoms with Gasteiger partial charge < -0.3 is 20.3 Å². The van der Waals surface area contributed by atoms with Gasteiger partial charge in [-0.25, -0.2) is 4.99 Å². The lowest BCUT2D eigenvalue weighted by Crippen LogP contribution is -2.44. The van der Waals surface area contributed by atoms with Crippen LogP contribution in [-0.2, 0) is 9.53 Å². The molecule has 0 aromatic rings. The molecule has 0 radical (unpaired) electrons. The molecule has 6 heteroatoms. The molecule has 6 nitrogen and oxygen atoms in total. The van der Waals surface area contributed by atoms with E-state index >= 15 is 0 Å². The summed E-state index contributed by atoms with van der Waals surface area (Å²) in [6.07, 6.45) is 6.05. The molecule has 1 rings (SSSR count). The van der Waals surface area contributed by atoms with Gasteiger partial charge in [-0.3, -0.25) is 4.79 Å². The second-order valence-electron chi connectivity index (χ2n) is 8.04. The fourth-order valence-corrected chi connectivity index (χ4v) is 2.71. The second kappa shape index (κ2) is 11.3. The van der Waals surface area contributed by atoms with E-state index in [0.29, 0.717) is 5.92 Å². The van der Waals surface area contributed by atoms with Crippen LogP contribution in [0, 0.1) is 11.3 Å². The van der Waals surface area contributed by atoms with Crippen LogP contribution in [0.5, 0.6) is 0 Å². The summed E-state index contributed by atoms with van der Waals surface area (Å²) in [5.41, 5.74) is 0.208. The summed E-state index contributed by atoms with van der Waals surface area (Å²) in [7, 11) is 3.51. The number of unbranched alkanes of at least 4 members (excludes halogenated alkanes) is 2. The molecule has 1 heterocycles. The van der Waals surface area contributed by atoms with Gasteiger partial charge in [0.1, 0.15) is 6.54 Å². The van der Waals surface area contributed by atoms with E-state index in [1.54, 1.807) is 19.0 Å². The normalized spacial score (nSPS) is 18.3. The largest absolute Gasteiger partial charge is 0.381 e. The van der Waals surface area contributed by atoms with Gasteiger partial charge in [0.2, 0.25) is 5.91 Å². The van der Waals surface area contributed by atoms with Gasteiger partial charge in [0, 0.05) is 39.7 Å². The standard InChI is InChI=1S/C19H38N4O2/c1-6-7-8-10-19(2,3)15-22-18(21-13-17(24)23(4)5)20-12-16-9-11-25-14-16/h16H,6-15H2,1-5H3,(H2,20,21,22). The number of hydrogen-bond acceptors (Lipinski definition) is 3. The van der Waals surface area contributed by atoms with Crippen LogP contribution in [0.4, 0.5) is 0 Å². The van der Waals surface area contributed by atoms with Crippen molar-refractivity contribution in [2.75, 3.05) is 46.9 Å². The number of likely N-dealkylation sites (N-methyl/N-ethyl adjacent to an activating group) is 1. The van der Waals surface area contributed by atoms with Crippen LogP contribution >= 0.6 is 0 Å². The van der Waals surface area contributed by atoms with E-state index in [4.69, 9.17) is 4.74 Å². The summed E-state index contributed by atoms with van der Waals surface area (Å²) >= 11 is 0. The maximum Gasteiger partial charge on any atom is 0.243 e. The van der Waals surface area contributed by atoms with Gasteiger partial charge in [-0.15, -0.1) is 0 Å². The molecular formula is C19H38N4O2. The third-order valence-electron chi connectivity index (χ3n) is 4.64. The first-order valence-electron chi connectivity index (χ1n) is 9.64. The Kier molecular flexibility index (Phi) is 9.86. The average molecular weight is 355 g/mol. The van der Waals surface area contributed by atoms with Gasteiger partial charge in [0.05, 0.1) is 6.61 Å². The van der Waals surface area contributed by atoms with Crippen LogP contribution in [0.15, 0.2) is 4.99 Å². The molecule has 0 spiro atoms. The monoisotopic (exact) mass is 354 g/mol. The molecule has 0 bridgehead atoms. The van der Waals surface area contributed by atoms with Crippen molar-refractivity contribution in [3.05, 3.63) is 0 Å². The molecule has 1 atom stereocenters. The number of guanidine groups is 1. The maximum absolute atomic E-state index is 11.8. The molecule has 1 saturated heterocycles. The number of aliphatic imine (C=N–C) groups is 1. The lowest BCUT2D eigenvalue weighted by Gasteiger charge is -2.26. The molecule has 0 aromatic heterocycles. The van der Waals surface area contributed by atoms with Crippen LogP contribution in [-0.4, -0.2) is 63.7 Å². The Hall–Kier alpha value is -1.30. The van der Waals surface area contributed by atoms with E-state index in [2.05, 4.69) is 36.4 Å². The van der Waals surface area contributed by atoms with Crippen molar-refractivity contribution in [3.63, 3.8) is 0 Å². The smallest absolute Gasteiger partial charge is 0.243 e. The minimum absolute atomic E-state index is 0.00695. The Morgan fingerprint density at radius 2 is 2.04 bits per heavy atom. The Morgan fingerprint density at radius 1 is 1.28 bits per heavy atom. The van der Waals surface area contributed by atoms with Crippen LogP contribution in [0.25, 0.3) is 0 Å². The molecule has 1 fully saturated rings. The Labute approximate surface area is 153 Å². The van der Waals surface area contributed by atoms with Crippen molar-refractivity contribution in [1.29, 1.82) is 0 Å². The number of nitrogens with zero attached hydrogens (tertiary/aromatic N) is 2. The molecule has 0 aliphatic carbocycles. The molecule has 1 amide bonds. The zero-order valence-corrected chi connectivity index (χ0v) is 16.9. The van der Waals surface area contributed by atoms with Crippen molar-refractivity contribution in [2.24, 2.45) is 16.3 Å². The number of nitrogens with one attached hydrogen (secondary N) is 2. The van der Waals surface area contributed by atoms with Crippen molar-refractivity contribution < 1.29 is 9.53 Å². The highest BCUT2D eigenvalue weighted by molar-refractivity contribution is 5.84. The fraction of sp³-hybridized carbons (Fsp3) is 0.895. The number of amides is 1. The third kappa shape index (κ3) is 9.68. The van der Waals surface area contributed by atoms with Crippen molar-refractivity contribution >= 4 is 11.9 Å². The maximum atomic E-state index is 11.8. The number of hydrogen-bond donors (Lipinski definition) is 2. The van der Waals surface area contributed by atoms with E-state index in [1.165, 1.54) is 25.7 Å². The van der Waals surface area contributed by atoms with Crippen molar-refractivity contribution in [3.8, 4) is 0 Å². The first-order valence-corrected chi connectivity index (χ1v) is 9.64. The van der Waals surface area contributed by atoms with Crippen LogP contribution < -0.4 is 10.6 Å². The van der Waals surface area contributed by atoms with Crippen molar-refractivity contribution in [2.45, 2.75) is 52.9 Å². The topological polar surface area (TPSA) is 66.0 Å². The highest BCUT2D eigenvalue weighted by atomic mass is 16.5. The van der Waals surface area contributed by atoms with Crippen LogP contribution in [0.2, 0.25) is 0 Å². The van der Waals surface area contributed by atoms with Crippen molar-refractivity contribution in [1.82, 2.24) is 15.5 Å². The predicted molar refractivity (Wildman–Crippen MR) is 104 cm³/mol. The summed E-state index contributed by atoms with van der Waals surface area (Å²) in [5.74, 6) is 1.26. The molecule has 25 heavy (non-hydrogen) atoms. The van der Waals surface area contributed by atoms with E-state index in [-0.39, 0.29) is 17.9 Å². The van der Waals surface area contributed by atoms with Gasteiger partial charge >= 0.3 is 0 Å². The molecule has 1 aliphatic rings. The first kappa shape index (κ1) is 21.7. The van der Waals surface area contributed by atoms with Gasteiger partial charge in [0.25, 0.3) is 0 Å². The molecule has 0 aromatic carbocycles. The lowest BCUT2D eigenvalue weighted by molar-refractivity contribution is -0.127. The highest BCUT2D eigenvalue weighted by Crippen LogP contribution is 2.22. The number of ether oxygens (including phenoxy) is 1. The fourth-order valence-electron chi connectivity index (χ4n) is 2.71. The summed E-state index contributed by atoms with van der Waals surface area (Å²) in [6, 6.07) is 0. The van der Waals surface area contributed by atoms with E-state index in [1.807, 2.05) is 0 Å². The SMILES string of the molecule is CCCCCC(C)(C)CNC(=NCC(=O)N(C)C)NCC1CCOC1. The van der Waals surface area contributed by atoms with E-state index in [9.17, 15) is 4.79 Å². The summed E-state index contributed by atoms with van der Waals surface area (Å²) < 4.78 is 5.43. The van der Waals surface area contributed by atoms with Crippen LogP contribution in [0.3, 0.4) is 0 Å². The quantitative estimate of drug-likeness (QED) is 0.359. The number of carbonyl (C=O) groups is 1. The number of carbonyl (C=O) groups excluding carboxylic acids is 1. The van der Waals surface area contributed by atoms with Gasteiger partial charge in [0.15, 0.2) is 5.96 Å². The lowest BCUT2D eigenvalue weighted by atomic mass is 9.87. The molecule has 146 valence electrons. The van der Waals surface area contributed by atoms with Gasteiger partial charge in [-0.2, -0.15) is 0 Å². The van der Waals surface area contributed by atoms with Crippen LogP contribution in [0.1, 0.15) is 52.9 Å². The first-order chi connectivity index (χ1) is 11.8. The third-order valence-corrected chi connectivity index (χ3v) is 4.64. The zero-order chi connectivity index (χ0) is 18.7. The molecule has 0 saturated carbocycles. The summed E-state index contributed by atoms with van der Waals surface area (Å²) in [5, 5.41) is 6.82. The number of rotatable bonds is 10. The minimum atomic E-state index is 0.00695. The van der Waals surface area contributed by atoms with E-state index in [0.717, 1.165) is 38.7 Å². The Morgan fingerprint density at radius 3 is 2.64 bits per heavy atom. The molecule has 1 unspecified atom stereocenters. The van der Waals surface area contributed by atoms with E-state index < -0.39 is 0 Å². The minimum Gasteiger partial charge on any atom is -0.381 e. The summed E-state index contributed by atoms with van der Waals surface area (Å²) in [6.45, 7) is 10.3. The zero-order valence-electron chi connectivity index (χ0n) is 16.9. The average Bonchev–Trinajstić information content (AvgIpc) is 3.07. The van der Waals surface area contributed by atoms with Gasteiger partial charge in [-0.05, 0) is 18.3 Å².